The Morgan fingerprint density at radius 1 is 1.39 bits per heavy atom. The van der Waals surface area contributed by atoms with Crippen molar-refractivity contribution in [1.29, 1.82) is 5.26 Å². The monoisotopic (exact) mass is 334 g/mol. The van der Waals surface area contributed by atoms with Crippen molar-refractivity contribution < 1.29 is 9.53 Å². The highest BCUT2D eigenvalue weighted by Gasteiger charge is 2.12. The van der Waals surface area contributed by atoms with Crippen LogP contribution in [-0.4, -0.2) is 50.2 Å². The molecule has 0 aromatic heterocycles. The lowest BCUT2D eigenvalue weighted by atomic mass is 10.2. The van der Waals surface area contributed by atoms with Gasteiger partial charge >= 0.3 is 0 Å². The molecule has 7 heteroatoms. The number of hydrogen-bond acceptors (Lipinski definition) is 5. The molecule has 0 bridgehead atoms. The number of rotatable bonds is 6. The van der Waals surface area contributed by atoms with Gasteiger partial charge in [0, 0.05) is 32.4 Å². The Labute approximate surface area is 140 Å². The third kappa shape index (κ3) is 5.57. The predicted octanol–water partition coefficient (Wildman–Crippen LogP) is 1.61. The Morgan fingerprint density at radius 3 is 2.83 bits per heavy atom. The van der Waals surface area contributed by atoms with Crippen molar-refractivity contribution in [3.05, 3.63) is 41.1 Å². The van der Waals surface area contributed by atoms with E-state index in [1.54, 1.807) is 18.2 Å². The van der Waals surface area contributed by atoms with Crippen LogP contribution in [0.3, 0.4) is 0 Å². The third-order valence-electron chi connectivity index (χ3n) is 3.43. The summed E-state index contributed by atoms with van der Waals surface area (Å²) in [4.78, 5) is 14.2. The van der Waals surface area contributed by atoms with Gasteiger partial charge in [0.05, 0.1) is 23.9 Å². The second-order valence-electron chi connectivity index (χ2n) is 5.00. The second kappa shape index (κ2) is 9.16. The maximum Gasteiger partial charge on any atom is 0.263 e. The van der Waals surface area contributed by atoms with Gasteiger partial charge in [0.25, 0.3) is 5.91 Å². The molecule has 1 fully saturated rings. The fraction of sp³-hybridized carbons (Fsp3) is 0.375. The van der Waals surface area contributed by atoms with Crippen LogP contribution in [0.5, 0.6) is 0 Å². The minimum Gasteiger partial charge on any atom is -0.379 e. The van der Waals surface area contributed by atoms with Crippen molar-refractivity contribution in [2.45, 2.75) is 0 Å². The number of morpholine rings is 1. The molecule has 1 aliphatic rings. The summed E-state index contributed by atoms with van der Waals surface area (Å²) in [5.74, 6) is -0.402. The zero-order valence-corrected chi connectivity index (χ0v) is 13.5. The van der Waals surface area contributed by atoms with Crippen molar-refractivity contribution in [2.24, 2.45) is 0 Å². The van der Waals surface area contributed by atoms with Crippen LogP contribution in [0.15, 0.2) is 36.0 Å². The van der Waals surface area contributed by atoms with E-state index in [1.165, 1.54) is 6.20 Å². The molecule has 0 saturated carbocycles. The molecule has 1 aromatic rings. The molecule has 0 radical (unpaired) electrons. The van der Waals surface area contributed by atoms with E-state index in [2.05, 4.69) is 15.5 Å². The van der Waals surface area contributed by atoms with Crippen LogP contribution in [0.1, 0.15) is 0 Å². The number of ether oxygens (including phenoxy) is 1. The van der Waals surface area contributed by atoms with Crippen LogP contribution in [-0.2, 0) is 9.53 Å². The molecule has 1 amide bonds. The number of carbonyl (C=O) groups excluding carboxylic acids is 1. The topological polar surface area (TPSA) is 77.4 Å². The highest BCUT2D eigenvalue weighted by molar-refractivity contribution is 6.33. The number of halogens is 1. The molecule has 0 unspecified atom stereocenters. The smallest absolute Gasteiger partial charge is 0.263 e. The van der Waals surface area contributed by atoms with Gasteiger partial charge in [0.1, 0.15) is 11.6 Å². The first-order valence-electron chi connectivity index (χ1n) is 7.40. The van der Waals surface area contributed by atoms with E-state index >= 15 is 0 Å². The molecule has 2 N–H and O–H groups in total. The molecule has 1 aliphatic heterocycles. The maximum absolute atomic E-state index is 12.0. The molecule has 0 spiro atoms. The number of nitrogens with one attached hydrogen (secondary N) is 2. The van der Waals surface area contributed by atoms with Gasteiger partial charge in [-0.15, -0.1) is 0 Å². The van der Waals surface area contributed by atoms with Crippen LogP contribution in [0, 0.1) is 11.3 Å². The quantitative estimate of drug-likeness (QED) is 0.610. The minimum atomic E-state index is -0.402. The summed E-state index contributed by atoms with van der Waals surface area (Å²) < 4.78 is 5.27. The van der Waals surface area contributed by atoms with Crippen LogP contribution in [0.4, 0.5) is 5.69 Å². The van der Waals surface area contributed by atoms with Gasteiger partial charge in [-0.25, -0.2) is 0 Å². The van der Waals surface area contributed by atoms with Crippen molar-refractivity contribution >= 4 is 23.2 Å². The third-order valence-corrected chi connectivity index (χ3v) is 3.76. The fourth-order valence-electron chi connectivity index (χ4n) is 2.12. The lowest BCUT2D eigenvalue weighted by Gasteiger charge is -2.26. The average molecular weight is 335 g/mol. The highest BCUT2D eigenvalue weighted by atomic mass is 35.5. The highest BCUT2D eigenvalue weighted by Crippen LogP contribution is 2.20. The van der Waals surface area contributed by atoms with Crippen LogP contribution < -0.4 is 10.6 Å². The van der Waals surface area contributed by atoms with Gasteiger partial charge in [-0.2, -0.15) is 5.26 Å². The Morgan fingerprint density at radius 2 is 2.13 bits per heavy atom. The Bertz CT molecular complexity index is 606. The normalized spacial score (nSPS) is 15.7. The molecule has 0 aliphatic carbocycles. The molecule has 6 nitrogen and oxygen atoms in total. The number of amides is 1. The van der Waals surface area contributed by atoms with Gasteiger partial charge in [-0.1, -0.05) is 23.7 Å². The number of hydrogen-bond donors (Lipinski definition) is 2. The molecule has 1 saturated heterocycles. The number of carbonyl (C=O) groups is 1. The van der Waals surface area contributed by atoms with Crippen LogP contribution in [0.2, 0.25) is 5.02 Å². The summed E-state index contributed by atoms with van der Waals surface area (Å²) in [6.07, 6.45) is 1.37. The fourth-order valence-corrected chi connectivity index (χ4v) is 2.31. The van der Waals surface area contributed by atoms with E-state index < -0.39 is 5.91 Å². The summed E-state index contributed by atoms with van der Waals surface area (Å²) in [5, 5.41) is 15.3. The average Bonchev–Trinajstić information content (AvgIpc) is 2.58. The first-order valence-corrected chi connectivity index (χ1v) is 7.78. The molecule has 0 atom stereocenters. The van der Waals surface area contributed by atoms with E-state index in [-0.39, 0.29) is 5.57 Å². The van der Waals surface area contributed by atoms with E-state index in [1.807, 2.05) is 12.1 Å². The summed E-state index contributed by atoms with van der Waals surface area (Å²) in [6, 6.07) is 9.01. The minimum absolute atomic E-state index is 0.00639. The van der Waals surface area contributed by atoms with Crippen molar-refractivity contribution in [2.75, 3.05) is 44.7 Å². The number of para-hydroxylation sites is 1. The van der Waals surface area contributed by atoms with Crippen molar-refractivity contribution in [3.8, 4) is 6.07 Å². The first-order chi connectivity index (χ1) is 11.2. The van der Waals surface area contributed by atoms with E-state index in [9.17, 15) is 4.79 Å². The molecule has 1 heterocycles. The van der Waals surface area contributed by atoms with E-state index in [0.29, 0.717) is 17.3 Å². The maximum atomic E-state index is 12.0. The SMILES string of the molecule is N#C/C(=C/Nc1ccccc1Cl)C(=O)NCCN1CCOCC1. The zero-order valence-electron chi connectivity index (χ0n) is 12.7. The summed E-state index contributed by atoms with van der Waals surface area (Å²) >= 11 is 6.01. The number of nitriles is 1. The van der Waals surface area contributed by atoms with Crippen LogP contribution >= 0.6 is 11.6 Å². The molecule has 122 valence electrons. The molecular formula is C16H19ClN4O2. The summed E-state index contributed by atoms with van der Waals surface area (Å²) in [6.45, 7) is 4.41. The Balaban J connectivity index is 1.82. The van der Waals surface area contributed by atoms with Gasteiger partial charge in [-0.3, -0.25) is 9.69 Å². The Hall–Kier alpha value is -2.07. The standard InChI is InChI=1S/C16H19ClN4O2/c17-14-3-1-2-4-15(14)20-12-13(11-18)16(22)19-5-6-21-7-9-23-10-8-21/h1-4,12,20H,5-10H2,(H,19,22)/b13-12-. The van der Waals surface area contributed by atoms with E-state index in [0.717, 1.165) is 32.8 Å². The number of nitrogens with zero attached hydrogens (tertiary/aromatic N) is 2. The first kappa shape index (κ1) is 17.3. The van der Waals surface area contributed by atoms with Gasteiger partial charge in [0.2, 0.25) is 0 Å². The number of anilines is 1. The molecule has 2 rings (SSSR count). The Kier molecular flexibility index (Phi) is 6.88. The lowest BCUT2D eigenvalue weighted by Crippen LogP contribution is -2.41. The van der Waals surface area contributed by atoms with Gasteiger partial charge in [-0.05, 0) is 12.1 Å². The summed E-state index contributed by atoms with van der Waals surface area (Å²) in [5.41, 5.74) is 0.648. The largest absolute Gasteiger partial charge is 0.379 e. The molecule has 23 heavy (non-hydrogen) atoms. The number of benzene rings is 1. The zero-order chi connectivity index (χ0) is 16.5. The van der Waals surface area contributed by atoms with E-state index in [4.69, 9.17) is 21.6 Å². The van der Waals surface area contributed by atoms with Crippen molar-refractivity contribution in [1.82, 2.24) is 10.2 Å². The molecule has 1 aromatic carbocycles. The lowest BCUT2D eigenvalue weighted by molar-refractivity contribution is -0.117. The molecular weight excluding hydrogens is 316 g/mol. The summed E-state index contributed by atoms with van der Waals surface area (Å²) in [7, 11) is 0. The second-order valence-corrected chi connectivity index (χ2v) is 5.41. The van der Waals surface area contributed by atoms with Crippen LogP contribution in [0.25, 0.3) is 0 Å². The predicted molar refractivity (Wildman–Crippen MR) is 89.0 cm³/mol. The van der Waals surface area contributed by atoms with Crippen molar-refractivity contribution in [3.63, 3.8) is 0 Å². The van der Waals surface area contributed by atoms with Gasteiger partial charge < -0.3 is 15.4 Å². The van der Waals surface area contributed by atoms with Gasteiger partial charge in [0.15, 0.2) is 0 Å².